The van der Waals surface area contributed by atoms with Gasteiger partial charge in [-0.3, -0.25) is 4.79 Å². The van der Waals surface area contributed by atoms with Gasteiger partial charge in [0.2, 0.25) is 11.7 Å². The van der Waals surface area contributed by atoms with Crippen LogP contribution < -0.4 is 10.1 Å². The van der Waals surface area contributed by atoms with Crippen LogP contribution in [0.3, 0.4) is 0 Å². The number of carbonyl (C=O) groups excluding carboxylic acids is 1. The van der Waals surface area contributed by atoms with E-state index in [9.17, 15) is 4.79 Å². The van der Waals surface area contributed by atoms with Crippen molar-refractivity contribution >= 4 is 5.91 Å². The van der Waals surface area contributed by atoms with Gasteiger partial charge in [-0.1, -0.05) is 63.2 Å². The van der Waals surface area contributed by atoms with E-state index in [0.29, 0.717) is 19.0 Å². The molecule has 3 aromatic rings. The second kappa shape index (κ2) is 8.65. The minimum Gasteiger partial charge on any atom is -0.492 e. The number of hydrogen-bond acceptors (Lipinski definition) is 5. The van der Waals surface area contributed by atoms with E-state index in [1.165, 1.54) is 10.4 Å². The number of amides is 1. The first-order valence-corrected chi connectivity index (χ1v) is 9.25. The summed E-state index contributed by atoms with van der Waals surface area (Å²) in [6.07, 6.45) is 0. The molecule has 0 radical (unpaired) electrons. The van der Waals surface area contributed by atoms with Gasteiger partial charge < -0.3 is 10.1 Å². The largest absolute Gasteiger partial charge is 0.492 e. The molecule has 1 aromatic heterocycles. The monoisotopic (exact) mass is 379 g/mol. The van der Waals surface area contributed by atoms with Crippen molar-refractivity contribution in [1.29, 1.82) is 0 Å². The van der Waals surface area contributed by atoms with Crippen LogP contribution in [0.25, 0.3) is 11.4 Å². The average molecular weight is 379 g/mol. The highest BCUT2D eigenvalue weighted by atomic mass is 16.5. The molecule has 1 heterocycles. The van der Waals surface area contributed by atoms with Crippen LogP contribution in [0.5, 0.6) is 5.75 Å². The van der Waals surface area contributed by atoms with E-state index in [-0.39, 0.29) is 17.9 Å². The molecular weight excluding hydrogens is 354 g/mol. The second-order valence-electron chi connectivity index (χ2n) is 7.48. The summed E-state index contributed by atoms with van der Waals surface area (Å²) in [6.45, 7) is 7.32. The van der Waals surface area contributed by atoms with Gasteiger partial charge in [0.25, 0.3) is 0 Å². The molecule has 0 aliphatic carbocycles. The third-order valence-corrected chi connectivity index (χ3v) is 4.18. The van der Waals surface area contributed by atoms with Crippen molar-refractivity contribution in [2.75, 3.05) is 13.2 Å². The number of ether oxygens (including phenoxy) is 1. The molecular formula is C21H25N5O2. The lowest BCUT2D eigenvalue weighted by molar-refractivity contribution is -0.122. The van der Waals surface area contributed by atoms with Gasteiger partial charge in [0.05, 0.1) is 6.54 Å². The summed E-state index contributed by atoms with van der Waals surface area (Å²) in [5.41, 5.74) is 2.23. The summed E-state index contributed by atoms with van der Waals surface area (Å²) in [7, 11) is 0. The molecule has 0 bridgehead atoms. The fourth-order valence-corrected chi connectivity index (χ4v) is 2.61. The quantitative estimate of drug-likeness (QED) is 0.639. The summed E-state index contributed by atoms with van der Waals surface area (Å²) in [5.74, 6) is 1.09. The number of nitrogens with one attached hydrogen (secondary N) is 1. The maximum atomic E-state index is 12.0. The highest BCUT2D eigenvalue weighted by Crippen LogP contribution is 2.24. The minimum absolute atomic E-state index is 0.0140. The van der Waals surface area contributed by atoms with Crippen LogP contribution >= 0.6 is 0 Å². The predicted octanol–water partition coefficient (Wildman–Crippen LogP) is 2.83. The van der Waals surface area contributed by atoms with E-state index in [4.69, 9.17) is 4.74 Å². The summed E-state index contributed by atoms with van der Waals surface area (Å²) in [6, 6.07) is 17.5. The first-order valence-electron chi connectivity index (χ1n) is 9.25. The van der Waals surface area contributed by atoms with Gasteiger partial charge in [0.15, 0.2) is 0 Å². The SMILES string of the molecule is CC(C)(C)c1ccc(OCCNC(=O)Cn2nnc(-c3ccccc3)n2)cc1. The Bertz CT molecular complexity index is 899. The fourth-order valence-electron chi connectivity index (χ4n) is 2.61. The number of tetrazole rings is 1. The fraction of sp³-hybridized carbons (Fsp3) is 0.333. The van der Waals surface area contributed by atoms with Crippen molar-refractivity contribution in [2.24, 2.45) is 0 Å². The Labute approximate surface area is 164 Å². The van der Waals surface area contributed by atoms with Gasteiger partial charge in [0, 0.05) is 5.56 Å². The summed E-state index contributed by atoms with van der Waals surface area (Å²) < 4.78 is 5.67. The van der Waals surface area contributed by atoms with E-state index in [1.807, 2.05) is 42.5 Å². The van der Waals surface area contributed by atoms with Crippen LogP contribution in [0, 0.1) is 0 Å². The highest BCUT2D eigenvalue weighted by molar-refractivity contribution is 5.75. The van der Waals surface area contributed by atoms with Gasteiger partial charge >= 0.3 is 0 Å². The Balaban J connectivity index is 1.41. The van der Waals surface area contributed by atoms with Crippen LogP contribution in [0.1, 0.15) is 26.3 Å². The molecule has 146 valence electrons. The van der Waals surface area contributed by atoms with Crippen molar-refractivity contribution in [3.05, 3.63) is 60.2 Å². The Morgan fingerprint density at radius 3 is 2.46 bits per heavy atom. The molecule has 1 N–H and O–H groups in total. The Morgan fingerprint density at radius 1 is 1.07 bits per heavy atom. The van der Waals surface area contributed by atoms with Crippen molar-refractivity contribution < 1.29 is 9.53 Å². The number of nitrogens with zero attached hydrogens (tertiary/aromatic N) is 4. The molecule has 3 rings (SSSR count). The first kappa shape index (κ1) is 19.5. The van der Waals surface area contributed by atoms with E-state index >= 15 is 0 Å². The molecule has 0 atom stereocenters. The molecule has 0 saturated heterocycles. The Hall–Kier alpha value is -3.22. The normalized spacial score (nSPS) is 11.2. The van der Waals surface area contributed by atoms with Gasteiger partial charge in [-0.15, -0.1) is 10.2 Å². The number of carbonyl (C=O) groups is 1. The van der Waals surface area contributed by atoms with Gasteiger partial charge in [-0.2, -0.15) is 4.80 Å². The number of hydrogen-bond donors (Lipinski definition) is 1. The maximum Gasteiger partial charge on any atom is 0.243 e. The minimum atomic E-state index is -0.191. The molecule has 1 amide bonds. The zero-order valence-corrected chi connectivity index (χ0v) is 16.4. The van der Waals surface area contributed by atoms with E-state index in [0.717, 1.165) is 11.3 Å². The van der Waals surface area contributed by atoms with Crippen molar-refractivity contribution in [2.45, 2.75) is 32.7 Å². The molecule has 7 nitrogen and oxygen atoms in total. The first-order chi connectivity index (χ1) is 13.4. The Morgan fingerprint density at radius 2 is 1.79 bits per heavy atom. The smallest absolute Gasteiger partial charge is 0.243 e. The third kappa shape index (κ3) is 5.39. The van der Waals surface area contributed by atoms with Gasteiger partial charge in [-0.05, 0) is 28.3 Å². The Kier molecular flexibility index (Phi) is 6.03. The van der Waals surface area contributed by atoms with E-state index < -0.39 is 0 Å². The standard InChI is InChI=1S/C21H25N5O2/c1-21(2,3)17-9-11-18(12-10-17)28-14-13-22-19(27)15-26-24-20(23-25-26)16-7-5-4-6-8-16/h4-12H,13-15H2,1-3H3,(H,22,27). The van der Waals surface area contributed by atoms with Gasteiger partial charge in [-0.25, -0.2) is 0 Å². The zero-order chi connectivity index (χ0) is 20.0. The molecule has 0 aliphatic rings. The maximum absolute atomic E-state index is 12.0. The molecule has 0 unspecified atom stereocenters. The van der Waals surface area contributed by atoms with Crippen LogP contribution in [-0.4, -0.2) is 39.3 Å². The summed E-state index contributed by atoms with van der Waals surface area (Å²) in [4.78, 5) is 13.3. The molecule has 28 heavy (non-hydrogen) atoms. The summed E-state index contributed by atoms with van der Waals surface area (Å²) in [5, 5.41) is 14.9. The summed E-state index contributed by atoms with van der Waals surface area (Å²) >= 11 is 0. The van der Waals surface area contributed by atoms with Crippen molar-refractivity contribution in [1.82, 2.24) is 25.5 Å². The molecule has 7 heteroatoms. The molecule has 0 fully saturated rings. The lowest BCUT2D eigenvalue weighted by Crippen LogP contribution is -2.31. The number of rotatable bonds is 7. The van der Waals surface area contributed by atoms with Crippen LogP contribution in [0.15, 0.2) is 54.6 Å². The number of benzene rings is 2. The molecule has 0 saturated carbocycles. The van der Waals surface area contributed by atoms with Crippen LogP contribution in [0.2, 0.25) is 0 Å². The van der Waals surface area contributed by atoms with Crippen molar-refractivity contribution in [3.8, 4) is 17.1 Å². The topological polar surface area (TPSA) is 81.9 Å². The highest BCUT2D eigenvalue weighted by Gasteiger charge is 2.13. The molecule has 2 aromatic carbocycles. The lowest BCUT2D eigenvalue weighted by atomic mass is 9.87. The number of aromatic nitrogens is 4. The predicted molar refractivity (Wildman–Crippen MR) is 107 cm³/mol. The van der Waals surface area contributed by atoms with E-state index in [2.05, 4.69) is 53.6 Å². The van der Waals surface area contributed by atoms with Crippen molar-refractivity contribution in [3.63, 3.8) is 0 Å². The lowest BCUT2D eigenvalue weighted by Gasteiger charge is -2.19. The second-order valence-corrected chi connectivity index (χ2v) is 7.48. The van der Waals surface area contributed by atoms with Gasteiger partial charge in [0.1, 0.15) is 18.9 Å². The van der Waals surface area contributed by atoms with Crippen LogP contribution in [-0.2, 0) is 16.8 Å². The third-order valence-electron chi connectivity index (χ3n) is 4.18. The van der Waals surface area contributed by atoms with Crippen LogP contribution in [0.4, 0.5) is 0 Å². The van der Waals surface area contributed by atoms with E-state index in [1.54, 1.807) is 0 Å². The molecule has 0 spiro atoms. The zero-order valence-electron chi connectivity index (χ0n) is 16.4. The average Bonchev–Trinajstić information content (AvgIpc) is 3.14. The molecule has 0 aliphatic heterocycles.